The Labute approximate surface area is 193 Å². The highest BCUT2D eigenvalue weighted by Crippen LogP contribution is 2.71. The molecule has 8 heteroatoms. The van der Waals surface area contributed by atoms with Crippen molar-refractivity contribution in [3.05, 3.63) is 30.3 Å². The number of hydrogen-bond donors (Lipinski definition) is 3. The fourth-order valence-electron chi connectivity index (χ4n) is 5.81. The molecule has 3 aliphatic rings. The molecule has 1 spiro atoms. The number of anilines is 1. The van der Waals surface area contributed by atoms with Crippen molar-refractivity contribution in [2.24, 2.45) is 11.8 Å². The van der Waals surface area contributed by atoms with Crippen LogP contribution in [0.15, 0.2) is 30.3 Å². The monoisotopic (exact) mass is 459 g/mol. The Kier molecular flexibility index (Phi) is 5.61. The third-order valence-corrected chi connectivity index (χ3v) is 9.01. The van der Waals surface area contributed by atoms with Gasteiger partial charge in [-0.25, -0.2) is 0 Å². The zero-order valence-corrected chi connectivity index (χ0v) is 20.2. The number of fused-ring (bicyclic) bond motifs is 1. The molecule has 0 aliphatic carbocycles. The minimum atomic E-state index is -0.720. The molecule has 0 aromatic heterocycles. The predicted octanol–water partition coefficient (Wildman–Crippen LogP) is 2.40. The van der Waals surface area contributed by atoms with Gasteiger partial charge in [-0.3, -0.25) is 14.4 Å². The van der Waals surface area contributed by atoms with Gasteiger partial charge in [0.2, 0.25) is 17.7 Å². The van der Waals surface area contributed by atoms with Crippen molar-refractivity contribution in [1.29, 1.82) is 0 Å². The summed E-state index contributed by atoms with van der Waals surface area (Å²) < 4.78 is -1.10. The fourth-order valence-corrected chi connectivity index (χ4v) is 8.15. The number of amides is 3. The maximum atomic E-state index is 13.8. The van der Waals surface area contributed by atoms with Gasteiger partial charge in [-0.05, 0) is 59.6 Å². The lowest BCUT2D eigenvalue weighted by Crippen LogP contribution is -2.58. The van der Waals surface area contributed by atoms with E-state index in [-0.39, 0.29) is 24.3 Å². The van der Waals surface area contributed by atoms with E-state index in [2.05, 4.69) is 10.6 Å². The molecule has 2 bridgehead atoms. The van der Waals surface area contributed by atoms with Gasteiger partial charge in [-0.15, -0.1) is 11.8 Å². The Hall–Kier alpha value is -2.06. The quantitative estimate of drug-likeness (QED) is 0.628. The van der Waals surface area contributed by atoms with Gasteiger partial charge < -0.3 is 20.6 Å². The molecule has 3 saturated heterocycles. The van der Waals surface area contributed by atoms with Crippen LogP contribution >= 0.6 is 11.8 Å². The third kappa shape index (κ3) is 3.52. The number of para-hydroxylation sites is 1. The molecule has 3 heterocycles. The molecular weight excluding hydrogens is 426 g/mol. The summed E-state index contributed by atoms with van der Waals surface area (Å²) in [7, 11) is 0. The number of rotatable bonds is 5. The molecule has 3 aliphatic heterocycles. The zero-order valence-electron chi connectivity index (χ0n) is 19.3. The molecule has 7 nitrogen and oxygen atoms in total. The zero-order chi connectivity index (χ0) is 23.5. The molecule has 1 aromatic rings. The average molecular weight is 460 g/mol. The first-order valence-corrected chi connectivity index (χ1v) is 12.1. The topological polar surface area (TPSA) is 98.7 Å². The first-order chi connectivity index (χ1) is 14.9. The highest BCUT2D eigenvalue weighted by atomic mass is 32.2. The summed E-state index contributed by atoms with van der Waals surface area (Å²) in [5, 5.41) is 15.9. The van der Waals surface area contributed by atoms with E-state index in [1.165, 1.54) is 0 Å². The van der Waals surface area contributed by atoms with Crippen LogP contribution in [0.1, 0.15) is 47.5 Å². The van der Waals surface area contributed by atoms with Crippen molar-refractivity contribution < 1.29 is 19.5 Å². The van der Waals surface area contributed by atoms with Crippen molar-refractivity contribution in [3.63, 3.8) is 0 Å². The Morgan fingerprint density at radius 2 is 1.88 bits per heavy atom. The molecule has 0 radical (unpaired) electrons. The van der Waals surface area contributed by atoms with E-state index in [9.17, 15) is 19.5 Å². The average Bonchev–Trinajstić information content (AvgIpc) is 3.27. The SMILES string of the molecule is C[C@H](CO)N1C(=O)[C@@H]2[C@@H](C(=O)Nc3ccccc3)[C@@]3(C)CCC2(S3)C1C(=O)NC(C)(C)C. The third-order valence-electron chi connectivity index (χ3n) is 7.02. The summed E-state index contributed by atoms with van der Waals surface area (Å²) in [6.07, 6.45) is 1.45. The molecule has 174 valence electrons. The van der Waals surface area contributed by atoms with Gasteiger partial charge in [0, 0.05) is 16.0 Å². The van der Waals surface area contributed by atoms with Gasteiger partial charge in [0.05, 0.1) is 29.2 Å². The highest BCUT2D eigenvalue weighted by molar-refractivity contribution is 8.02. The Bertz CT molecular complexity index is 933. The number of carbonyl (C=O) groups is 3. The van der Waals surface area contributed by atoms with Crippen LogP contribution in [-0.2, 0) is 14.4 Å². The molecule has 3 fully saturated rings. The summed E-state index contributed by atoms with van der Waals surface area (Å²) in [5.74, 6) is -1.74. The van der Waals surface area contributed by atoms with Gasteiger partial charge in [-0.1, -0.05) is 18.2 Å². The summed E-state index contributed by atoms with van der Waals surface area (Å²) in [6, 6.07) is 8.01. The van der Waals surface area contributed by atoms with Gasteiger partial charge in [0.15, 0.2) is 0 Å². The number of likely N-dealkylation sites (tertiary alicyclic amines) is 1. The largest absolute Gasteiger partial charge is 0.394 e. The second-order valence-corrected chi connectivity index (χ2v) is 12.5. The smallest absolute Gasteiger partial charge is 0.244 e. The predicted molar refractivity (Wildman–Crippen MR) is 125 cm³/mol. The second-order valence-electron chi connectivity index (χ2n) is 10.6. The fraction of sp³-hybridized carbons (Fsp3) is 0.625. The van der Waals surface area contributed by atoms with Crippen LogP contribution < -0.4 is 10.6 Å². The Balaban J connectivity index is 1.74. The number of aliphatic hydroxyl groups excluding tert-OH is 1. The molecule has 6 atom stereocenters. The van der Waals surface area contributed by atoms with Crippen LogP contribution in [0.5, 0.6) is 0 Å². The lowest BCUT2D eigenvalue weighted by atomic mass is 9.66. The number of benzene rings is 1. The van der Waals surface area contributed by atoms with Crippen LogP contribution in [0.25, 0.3) is 0 Å². The van der Waals surface area contributed by atoms with E-state index >= 15 is 0 Å². The van der Waals surface area contributed by atoms with Crippen LogP contribution in [0, 0.1) is 11.8 Å². The van der Waals surface area contributed by atoms with E-state index in [0.717, 1.165) is 6.42 Å². The molecule has 4 rings (SSSR count). The molecule has 32 heavy (non-hydrogen) atoms. The first kappa shape index (κ1) is 23.1. The maximum absolute atomic E-state index is 13.8. The number of aliphatic hydroxyl groups is 1. The number of carbonyl (C=O) groups excluding carboxylic acids is 3. The molecule has 3 N–H and O–H groups in total. The van der Waals surface area contributed by atoms with Gasteiger partial charge in [0.1, 0.15) is 6.04 Å². The summed E-state index contributed by atoms with van der Waals surface area (Å²) in [4.78, 5) is 42.4. The number of thioether (sulfide) groups is 1. The van der Waals surface area contributed by atoms with E-state index in [4.69, 9.17) is 0 Å². The van der Waals surface area contributed by atoms with Crippen LogP contribution in [0.3, 0.4) is 0 Å². The molecule has 2 unspecified atom stereocenters. The second kappa shape index (κ2) is 7.76. The van der Waals surface area contributed by atoms with Crippen molar-refractivity contribution >= 4 is 35.2 Å². The number of hydrogen-bond acceptors (Lipinski definition) is 5. The van der Waals surface area contributed by atoms with Crippen molar-refractivity contribution in [1.82, 2.24) is 10.2 Å². The van der Waals surface area contributed by atoms with Crippen LogP contribution in [-0.4, -0.2) is 61.5 Å². The van der Waals surface area contributed by atoms with Crippen LogP contribution in [0.2, 0.25) is 0 Å². The molecule has 0 saturated carbocycles. The molecular formula is C24H33N3O4S. The van der Waals surface area contributed by atoms with E-state index < -0.39 is 39.0 Å². The van der Waals surface area contributed by atoms with Gasteiger partial charge in [-0.2, -0.15) is 0 Å². The minimum Gasteiger partial charge on any atom is -0.394 e. The summed E-state index contributed by atoms with van der Waals surface area (Å²) in [5.41, 5.74) is 0.231. The Morgan fingerprint density at radius 3 is 2.47 bits per heavy atom. The van der Waals surface area contributed by atoms with E-state index in [0.29, 0.717) is 12.1 Å². The van der Waals surface area contributed by atoms with Gasteiger partial charge >= 0.3 is 0 Å². The van der Waals surface area contributed by atoms with E-state index in [1.54, 1.807) is 23.6 Å². The van der Waals surface area contributed by atoms with Gasteiger partial charge in [0.25, 0.3) is 0 Å². The standard InChI is InChI=1S/C24H33N3O4S/c1-14(13-28)27-18(20(30)26-22(2,3)4)24-12-11-23(5,32-24)16(17(24)21(27)31)19(29)25-15-9-7-6-8-10-15/h6-10,14,16-18,28H,11-13H2,1-5H3,(H,25,29)(H,26,30)/t14-,16+,17+,18?,23-,24?/m1/s1. The van der Waals surface area contributed by atoms with Crippen LogP contribution in [0.4, 0.5) is 5.69 Å². The number of nitrogens with one attached hydrogen (secondary N) is 2. The van der Waals surface area contributed by atoms with E-state index in [1.807, 2.05) is 58.0 Å². The highest BCUT2D eigenvalue weighted by Gasteiger charge is 2.77. The Morgan fingerprint density at radius 1 is 1.22 bits per heavy atom. The van der Waals surface area contributed by atoms with Crippen molar-refractivity contribution in [2.45, 2.75) is 74.6 Å². The molecule has 3 amide bonds. The van der Waals surface area contributed by atoms with Crippen molar-refractivity contribution in [2.75, 3.05) is 11.9 Å². The normalized spacial score (nSPS) is 34.4. The lowest BCUT2D eigenvalue weighted by Gasteiger charge is -2.37. The molecule has 1 aromatic carbocycles. The first-order valence-electron chi connectivity index (χ1n) is 11.2. The number of nitrogens with zero attached hydrogens (tertiary/aromatic N) is 1. The maximum Gasteiger partial charge on any atom is 0.244 e. The summed E-state index contributed by atoms with van der Waals surface area (Å²) in [6.45, 7) is 9.29. The van der Waals surface area contributed by atoms with Crippen molar-refractivity contribution in [3.8, 4) is 0 Å². The lowest BCUT2D eigenvalue weighted by molar-refractivity contribution is -0.142. The summed E-state index contributed by atoms with van der Waals surface area (Å²) >= 11 is 1.63. The minimum absolute atomic E-state index is 0.181.